The first-order valence-corrected chi connectivity index (χ1v) is 20.6. The molecule has 3 aliphatic carbocycles. The molecule has 0 radical (unpaired) electrons. The highest BCUT2D eigenvalue weighted by molar-refractivity contribution is 6.09. The van der Waals surface area contributed by atoms with Crippen LogP contribution in [-0.4, -0.2) is 119 Å². The van der Waals surface area contributed by atoms with Crippen molar-refractivity contribution in [2.75, 3.05) is 106 Å². The number of nitrogens with one attached hydrogen (secondary N) is 2. The molecule has 1 saturated carbocycles. The number of hydrogen-bond donors (Lipinski definition) is 2. The van der Waals surface area contributed by atoms with Gasteiger partial charge in [0.1, 0.15) is 25.4 Å². The van der Waals surface area contributed by atoms with Gasteiger partial charge in [0, 0.05) is 85.5 Å². The van der Waals surface area contributed by atoms with Crippen LogP contribution >= 0.6 is 0 Å². The number of amides is 2. The zero-order valence-electron chi connectivity index (χ0n) is 35.0. The highest BCUT2D eigenvalue weighted by Gasteiger charge is 2.49. The van der Waals surface area contributed by atoms with Gasteiger partial charge >= 0.3 is 6.09 Å². The van der Waals surface area contributed by atoms with E-state index in [9.17, 15) is 19.5 Å². The number of anilines is 1. The summed E-state index contributed by atoms with van der Waals surface area (Å²) >= 11 is 0. The predicted octanol–water partition coefficient (Wildman–Crippen LogP) is 3.63. The van der Waals surface area contributed by atoms with Crippen LogP contribution in [0, 0.1) is 29.6 Å². The van der Waals surface area contributed by atoms with Gasteiger partial charge in [0.05, 0.1) is 71.5 Å². The molecule has 2 amide bonds. The fourth-order valence-electron chi connectivity index (χ4n) is 7.62. The van der Waals surface area contributed by atoms with Crippen LogP contribution in [0.5, 0.6) is 0 Å². The summed E-state index contributed by atoms with van der Waals surface area (Å²) < 4.78 is 35.9. The molecule has 2 aromatic carbocycles. The number of fused-ring (bicyclic) bond motifs is 3. The number of aromatic carboxylic acids is 1. The predicted molar refractivity (Wildman–Crippen MR) is 226 cm³/mol. The van der Waals surface area contributed by atoms with Crippen molar-refractivity contribution in [1.29, 1.82) is 0 Å². The van der Waals surface area contributed by atoms with Crippen molar-refractivity contribution >= 4 is 34.6 Å². The second kappa shape index (κ2) is 21.7. The summed E-state index contributed by atoms with van der Waals surface area (Å²) in [6.45, 7) is 3.92. The van der Waals surface area contributed by atoms with Gasteiger partial charge in [-0.25, -0.2) is 9.37 Å². The molecule has 0 saturated heterocycles. The zero-order chi connectivity index (χ0) is 42.4. The van der Waals surface area contributed by atoms with E-state index in [-0.39, 0.29) is 24.3 Å². The Labute approximate surface area is 351 Å². The number of carbonyl (C=O) groups is 3. The average molecular weight is 825 g/mol. The topological polar surface area (TPSA) is 164 Å². The lowest BCUT2D eigenvalue weighted by molar-refractivity contribution is -0.254. The van der Waals surface area contributed by atoms with Crippen molar-refractivity contribution in [3.63, 3.8) is 0 Å². The van der Waals surface area contributed by atoms with Crippen LogP contribution in [0.15, 0.2) is 59.0 Å². The van der Waals surface area contributed by atoms with E-state index in [1.807, 2.05) is 74.1 Å². The standard InChI is InChI=1S/C46H56N4O10/c1-49(2)32-12-15-37-41(28-32)60-42-29-33(50(3)4)13-16-38(42)43(37)36-14-11-31(27-39(36)45(52)53)44(51)47-17-19-55-21-23-57-25-26-58-24-22-56-20-18-48-46(54)59-30-40-34-9-7-5-6-8-10-35(34)40/h11-16,27-29,34-35,40H,7-10,17-26,30H2,1-4H3,(H2-,47,48,51,52,53,54)/t34-,35+,40?. The van der Waals surface area contributed by atoms with Crippen LogP contribution < -0.4 is 30.6 Å². The molecule has 320 valence electrons. The zero-order valence-corrected chi connectivity index (χ0v) is 35.0. The van der Waals surface area contributed by atoms with E-state index in [0.29, 0.717) is 99.6 Å². The largest absolute Gasteiger partial charge is 0.545 e. The normalized spacial score (nSPS) is 16.8. The first-order valence-electron chi connectivity index (χ1n) is 20.6. The summed E-state index contributed by atoms with van der Waals surface area (Å²) in [4.78, 5) is 39.6. The van der Waals surface area contributed by atoms with Crippen molar-refractivity contribution in [3.8, 4) is 34.3 Å². The molecule has 1 heterocycles. The van der Waals surface area contributed by atoms with Crippen LogP contribution in [0.2, 0.25) is 0 Å². The SMILES string of the molecule is CN(C)c1ccc2c(-c3ccc(C(=O)NCCOCCOCCOCCOCCNC(=O)OCC4[C@H]5CCC#CCC[C@@H]45)cc3C(=O)[O-])c3ccc(=[N+](C)C)cc-3oc2c1. The maximum Gasteiger partial charge on any atom is 0.407 e. The number of rotatable bonds is 21. The second-order valence-electron chi connectivity index (χ2n) is 15.3. The fourth-order valence-corrected chi connectivity index (χ4v) is 7.62. The monoisotopic (exact) mass is 824 g/mol. The van der Waals surface area contributed by atoms with Crippen molar-refractivity contribution in [2.45, 2.75) is 25.7 Å². The maximum absolute atomic E-state index is 13.1. The van der Waals surface area contributed by atoms with E-state index in [2.05, 4.69) is 22.5 Å². The van der Waals surface area contributed by atoms with E-state index < -0.39 is 18.0 Å². The Morgan fingerprint density at radius 2 is 1.40 bits per heavy atom. The van der Waals surface area contributed by atoms with Crippen molar-refractivity contribution in [2.24, 2.45) is 17.8 Å². The lowest BCUT2D eigenvalue weighted by atomic mass is 9.89. The van der Waals surface area contributed by atoms with E-state index >= 15 is 0 Å². The molecule has 1 fully saturated rings. The Bertz CT molecular complexity index is 2200. The van der Waals surface area contributed by atoms with Crippen molar-refractivity contribution in [1.82, 2.24) is 15.2 Å². The number of carboxylic acid groups (broad SMARTS) is 1. The van der Waals surface area contributed by atoms with Crippen LogP contribution in [0.4, 0.5) is 10.5 Å². The third-order valence-electron chi connectivity index (χ3n) is 10.9. The molecule has 0 spiro atoms. The van der Waals surface area contributed by atoms with E-state index in [4.69, 9.17) is 28.1 Å². The Morgan fingerprint density at radius 3 is 2.02 bits per heavy atom. The molecule has 60 heavy (non-hydrogen) atoms. The summed E-state index contributed by atoms with van der Waals surface area (Å²) in [6, 6.07) is 16.2. The number of nitrogens with zero attached hydrogens (tertiary/aromatic N) is 2. The van der Waals surface area contributed by atoms with E-state index in [1.54, 1.807) is 12.1 Å². The minimum Gasteiger partial charge on any atom is -0.545 e. The second-order valence-corrected chi connectivity index (χ2v) is 15.3. The van der Waals surface area contributed by atoms with Crippen molar-refractivity contribution < 1.29 is 47.6 Å². The molecule has 0 bridgehead atoms. The smallest absolute Gasteiger partial charge is 0.407 e. The number of hydrogen-bond acceptors (Lipinski definition) is 11. The maximum atomic E-state index is 13.1. The molecule has 1 aliphatic heterocycles. The Morgan fingerprint density at radius 1 is 0.783 bits per heavy atom. The quantitative estimate of drug-likeness (QED) is 0.0546. The summed E-state index contributed by atoms with van der Waals surface area (Å²) in [5, 5.41) is 19.8. The van der Waals surface area contributed by atoms with Gasteiger partial charge in [-0.05, 0) is 66.5 Å². The minimum absolute atomic E-state index is 0.107. The van der Waals surface area contributed by atoms with Gasteiger partial charge in [0.2, 0.25) is 5.36 Å². The molecule has 2 aromatic rings. The van der Waals surface area contributed by atoms with Gasteiger partial charge in [-0.3, -0.25) is 4.79 Å². The molecule has 3 atom stereocenters. The molecular formula is C46H56N4O10. The molecule has 14 heteroatoms. The molecule has 0 aromatic heterocycles. The third-order valence-corrected chi connectivity index (χ3v) is 10.9. The summed E-state index contributed by atoms with van der Waals surface area (Å²) in [7, 11) is 7.75. The van der Waals surface area contributed by atoms with E-state index in [1.165, 1.54) is 6.07 Å². The van der Waals surface area contributed by atoms with Gasteiger partial charge < -0.3 is 53.5 Å². The Hall–Kier alpha value is -5.46. The lowest BCUT2D eigenvalue weighted by Gasteiger charge is -2.20. The summed E-state index contributed by atoms with van der Waals surface area (Å²) in [6.07, 6.45) is 3.69. The molecule has 1 unspecified atom stereocenters. The van der Waals surface area contributed by atoms with Crippen LogP contribution in [0.1, 0.15) is 46.4 Å². The Kier molecular flexibility index (Phi) is 15.9. The Balaban J connectivity index is 0.856. The van der Waals surface area contributed by atoms with Crippen LogP contribution in [0.3, 0.4) is 0 Å². The van der Waals surface area contributed by atoms with Gasteiger partial charge in [-0.1, -0.05) is 6.07 Å². The molecule has 2 N–H and O–H groups in total. The molecular weight excluding hydrogens is 769 g/mol. The number of ether oxygens (including phenoxy) is 5. The average Bonchev–Trinajstić information content (AvgIpc) is 3.88. The molecule has 4 aliphatic rings. The number of carbonyl (C=O) groups excluding carboxylic acids is 3. The lowest BCUT2D eigenvalue weighted by Crippen LogP contribution is -2.29. The number of carboxylic acids is 1. The third kappa shape index (κ3) is 11.8. The first-order chi connectivity index (χ1) is 29.1. The minimum atomic E-state index is -1.40. The van der Waals surface area contributed by atoms with Gasteiger partial charge in [0.25, 0.3) is 5.91 Å². The summed E-state index contributed by atoms with van der Waals surface area (Å²) in [5.74, 6) is 6.91. The highest BCUT2D eigenvalue weighted by Crippen LogP contribution is 2.52. The summed E-state index contributed by atoms with van der Waals surface area (Å²) in [5.41, 5.74) is 3.42. The van der Waals surface area contributed by atoms with Crippen LogP contribution in [0.25, 0.3) is 33.4 Å². The van der Waals surface area contributed by atoms with E-state index in [0.717, 1.165) is 47.7 Å². The number of alkyl carbamates (subject to hydrolysis) is 1. The van der Waals surface area contributed by atoms with Gasteiger partial charge in [-0.15, -0.1) is 11.8 Å². The van der Waals surface area contributed by atoms with Crippen LogP contribution in [-0.2, 0) is 23.7 Å². The van der Waals surface area contributed by atoms with Crippen molar-refractivity contribution in [3.05, 3.63) is 71.1 Å². The fraction of sp³-hybridized carbons (Fsp3) is 0.478. The first kappa shape index (κ1) is 44.1. The van der Waals surface area contributed by atoms with Gasteiger partial charge in [-0.2, -0.15) is 0 Å². The highest BCUT2D eigenvalue weighted by atomic mass is 16.6. The molecule has 14 nitrogen and oxygen atoms in total. The van der Waals surface area contributed by atoms with Gasteiger partial charge in [0.15, 0.2) is 0 Å². The molecule has 6 rings (SSSR count). The number of benzene rings is 3.